The van der Waals surface area contributed by atoms with Crippen LogP contribution in [0.4, 0.5) is 5.69 Å². The molecule has 5 heterocycles. The van der Waals surface area contributed by atoms with E-state index in [4.69, 9.17) is 9.47 Å². The van der Waals surface area contributed by atoms with Gasteiger partial charge in [-0.3, -0.25) is 29.0 Å². The van der Waals surface area contributed by atoms with Crippen LogP contribution in [-0.2, 0) is 52.8 Å². The highest BCUT2D eigenvalue weighted by Crippen LogP contribution is 2.43. The van der Waals surface area contributed by atoms with Crippen molar-refractivity contribution in [3.8, 4) is 28.1 Å². The lowest BCUT2D eigenvalue weighted by Gasteiger charge is -2.41. The Morgan fingerprint density at radius 1 is 0.971 bits per heavy atom. The molecule has 1 aromatic heterocycles. The van der Waals surface area contributed by atoms with Crippen LogP contribution in [0.15, 0.2) is 73.3 Å². The molecule has 0 spiro atoms. The van der Waals surface area contributed by atoms with Gasteiger partial charge in [0.2, 0.25) is 17.7 Å². The average Bonchev–Trinajstić information content (AvgIpc) is 3.95. The Kier molecular flexibility index (Phi) is 14.3. The second-order valence-electron chi connectivity index (χ2n) is 20.6. The molecule has 4 atom stereocenters. The van der Waals surface area contributed by atoms with Crippen LogP contribution in [0.2, 0.25) is 0 Å². The molecule has 4 aliphatic rings. The van der Waals surface area contributed by atoms with Crippen LogP contribution < -0.4 is 15.6 Å². The van der Waals surface area contributed by atoms with Gasteiger partial charge >= 0.3 is 5.97 Å². The number of likely N-dealkylation sites (N-methyl/N-ethyl adjacent to an activating group) is 1. The number of ether oxygens (including phenoxy) is 2. The lowest BCUT2D eigenvalue weighted by atomic mass is 9.84. The summed E-state index contributed by atoms with van der Waals surface area (Å²) in [7, 11) is 1.59. The number of fused-ring (bicyclic) bond motifs is 6. The van der Waals surface area contributed by atoms with E-state index in [0.717, 1.165) is 57.6 Å². The summed E-state index contributed by atoms with van der Waals surface area (Å²) in [6.07, 6.45) is 3.18. The Hall–Kier alpha value is -6.19. The number of aryl methyl sites for hydroxylation is 1. The van der Waals surface area contributed by atoms with Crippen LogP contribution in [-0.4, -0.2) is 131 Å². The highest BCUT2D eigenvalue weighted by molar-refractivity contribution is 5.98. The number of benzene rings is 3. The Bertz CT molecular complexity index is 2630. The van der Waals surface area contributed by atoms with Crippen molar-refractivity contribution in [3.05, 3.63) is 84.4 Å². The predicted molar refractivity (Wildman–Crippen MR) is 266 cm³/mol. The summed E-state index contributed by atoms with van der Waals surface area (Å²) in [6, 6.07) is 18.4. The molecule has 368 valence electrons. The van der Waals surface area contributed by atoms with Crippen LogP contribution in [0, 0.1) is 17.3 Å². The van der Waals surface area contributed by atoms with Crippen molar-refractivity contribution in [2.45, 2.75) is 97.8 Å². The molecule has 3 saturated heterocycles. The largest absolute Gasteiger partial charge is 0.508 e. The van der Waals surface area contributed by atoms with Crippen molar-refractivity contribution in [1.82, 2.24) is 30.1 Å². The fraction of sp³-hybridized carbons (Fsp3) is 0.500. The number of anilines is 1. The number of aromatic hydroxyl groups is 1. The van der Waals surface area contributed by atoms with E-state index in [0.29, 0.717) is 57.6 Å². The molecule has 4 aliphatic heterocycles. The van der Waals surface area contributed by atoms with Gasteiger partial charge in [-0.25, -0.2) is 5.43 Å². The monoisotopic (exact) mass is 944 g/mol. The number of hydrogen-bond donors (Lipinski definition) is 3. The maximum Gasteiger partial charge on any atom is 0.324 e. The first-order valence-electron chi connectivity index (χ1n) is 24.6. The minimum absolute atomic E-state index is 0.00410. The van der Waals surface area contributed by atoms with E-state index in [-0.39, 0.29) is 49.6 Å². The lowest BCUT2D eigenvalue weighted by molar-refractivity contribution is -0.157. The zero-order valence-electron chi connectivity index (χ0n) is 41.3. The number of carbonyl (C=O) groups excluding carboxylic acids is 5. The third-order valence-corrected chi connectivity index (χ3v) is 14.4. The molecule has 3 fully saturated rings. The Labute approximate surface area is 405 Å². The molecule has 8 rings (SSSR count). The van der Waals surface area contributed by atoms with Gasteiger partial charge in [-0.2, -0.15) is 0 Å². The standard InChI is InChI=1S/C54H69N7O8/c1-9-46(63)59-21-19-37(32-59)50(65)57(8)47(34(3)4)49(64)55-54(7)30-35-26-38(28-39(62)27-35)36-17-18-45-41(29-36)42(31-53(5,6)33-69-51(66)43-15-13-20-61(56-43)52(54)67)48(60(45)10-2)40-14-11-12-16-44(40)58-22-24-68-25-23-58/h9,11-12,14,16-18,26-29,34,37,43,47,56,62H,1,10,13,15,19-25,30-33H2,2-8H3,(H,55,64)/t37-,43-,47-,54?/m0/s1. The molecular formula is C54H69N7O8. The molecule has 6 bridgehead atoms. The fourth-order valence-corrected chi connectivity index (χ4v) is 11.0. The SMILES string of the molecule is C=CC(=O)N1CC[C@H](C(=O)N(C)[C@H](C(=O)NC2(C)Cc3cc(O)cc(c3)-c3ccc4c(c3)c(c(-c3ccccc3N3CCOCC3)n4CC)CC(C)(C)COC(=O)[C@@H]3CCCN(N3)C2=O)C(C)C)C1. The topological polar surface area (TPSA) is 166 Å². The Balaban J connectivity index is 1.22. The van der Waals surface area contributed by atoms with Crippen molar-refractivity contribution < 1.29 is 38.6 Å². The maximum absolute atomic E-state index is 15.1. The summed E-state index contributed by atoms with van der Waals surface area (Å²) in [5.74, 6) is -2.87. The number of nitrogens with zero attached hydrogens (tertiary/aromatic N) is 5. The van der Waals surface area contributed by atoms with E-state index in [1.807, 2.05) is 19.9 Å². The van der Waals surface area contributed by atoms with Crippen molar-refractivity contribution in [3.63, 3.8) is 0 Å². The van der Waals surface area contributed by atoms with Crippen molar-refractivity contribution >= 4 is 46.2 Å². The van der Waals surface area contributed by atoms with Gasteiger partial charge in [0.05, 0.1) is 31.4 Å². The number of carbonyl (C=O) groups is 5. The molecule has 4 aromatic rings. The summed E-state index contributed by atoms with van der Waals surface area (Å²) in [4.78, 5) is 75.7. The van der Waals surface area contributed by atoms with E-state index in [9.17, 15) is 24.3 Å². The summed E-state index contributed by atoms with van der Waals surface area (Å²) >= 11 is 0. The number of phenols is 1. The number of phenolic OH excluding ortho intramolecular Hbond substituents is 1. The van der Waals surface area contributed by atoms with Gasteiger partial charge in [0.1, 0.15) is 23.4 Å². The number of esters is 1. The average molecular weight is 944 g/mol. The number of morpholine rings is 1. The van der Waals surface area contributed by atoms with Crippen LogP contribution in [0.3, 0.4) is 0 Å². The third kappa shape index (κ3) is 10.1. The predicted octanol–water partition coefficient (Wildman–Crippen LogP) is 6.09. The highest BCUT2D eigenvalue weighted by Gasteiger charge is 2.45. The maximum atomic E-state index is 15.1. The van der Waals surface area contributed by atoms with E-state index in [1.54, 1.807) is 31.0 Å². The molecule has 1 unspecified atom stereocenters. The first-order chi connectivity index (χ1) is 32.9. The van der Waals surface area contributed by atoms with Gasteiger partial charge in [-0.15, -0.1) is 0 Å². The van der Waals surface area contributed by atoms with E-state index in [2.05, 4.69) is 90.0 Å². The van der Waals surface area contributed by atoms with Crippen LogP contribution >= 0.6 is 0 Å². The zero-order valence-corrected chi connectivity index (χ0v) is 41.3. The minimum atomic E-state index is -1.63. The zero-order chi connectivity index (χ0) is 49.4. The molecular weight excluding hydrogens is 875 g/mol. The van der Waals surface area contributed by atoms with Gasteiger partial charge in [0, 0.05) is 80.3 Å². The summed E-state index contributed by atoms with van der Waals surface area (Å²) < 4.78 is 14.3. The van der Waals surface area contributed by atoms with Gasteiger partial charge in [-0.1, -0.05) is 64.6 Å². The fourth-order valence-electron chi connectivity index (χ4n) is 11.0. The van der Waals surface area contributed by atoms with E-state index in [1.165, 1.54) is 16.0 Å². The second-order valence-corrected chi connectivity index (χ2v) is 20.6. The summed E-state index contributed by atoms with van der Waals surface area (Å²) in [5, 5.41) is 17.0. The first-order valence-corrected chi connectivity index (χ1v) is 24.6. The number of rotatable bonds is 9. The molecule has 0 radical (unpaired) electrons. The number of nitrogens with one attached hydrogen (secondary N) is 2. The number of para-hydroxylation sites is 1. The number of hydrogen-bond acceptors (Lipinski definition) is 10. The molecule has 3 N–H and O–H groups in total. The quantitative estimate of drug-likeness (QED) is 0.132. The van der Waals surface area contributed by atoms with Gasteiger partial charge < -0.3 is 39.2 Å². The van der Waals surface area contributed by atoms with Gasteiger partial charge in [-0.05, 0) is 104 Å². The second kappa shape index (κ2) is 20.0. The molecule has 4 amide bonds. The number of hydrazine groups is 1. The molecule has 0 saturated carbocycles. The third-order valence-electron chi connectivity index (χ3n) is 14.4. The lowest BCUT2D eigenvalue weighted by Crippen LogP contribution is -2.67. The minimum Gasteiger partial charge on any atom is -0.508 e. The number of amides is 4. The highest BCUT2D eigenvalue weighted by atomic mass is 16.5. The smallest absolute Gasteiger partial charge is 0.324 e. The van der Waals surface area contributed by atoms with Crippen molar-refractivity contribution in [2.24, 2.45) is 17.3 Å². The molecule has 69 heavy (non-hydrogen) atoms. The molecule has 0 aliphatic carbocycles. The van der Waals surface area contributed by atoms with Crippen molar-refractivity contribution in [2.75, 3.05) is 64.5 Å². The molecule has 15 heteroatoms. The summed E-state index contributed by atoms with van der Waals surface area (Å²) in [6.45, 7) is 19.9. The van der Waals surface area contributed by atoms with E-state index < -0.39 is 46.7 Å². The Morgan fingerprint density at radius 3 is 2.45 bits per heavy atom. The summed E-state index contributed by atoms with van der Waals surface area (Å²) in [5.41, 5.74) is 8.70. The number of cyclic esters (lactones) is 1. The number of likely N-dealkylation sites (tertiary alicyclic amines) is 1. The van der Waals surface area contributed by atoms with Crippen LogP contribution in [0.5, 0.6) is 5.75 Å². The van der Waals surface area contributed by atoms with Crippen LogP contribution in [0.25, 0.3) is 33.3 Å². The van der Waals surface area contributed by atoms with Gasteiger partial charge in [0.25, 0.3) is 5.91 Å². The molecule has 3 aromatic carbocycles. The normalized spacial score (nSPS) is 22.5. The van der Waals surface area contributed by atoms with Gasteiger partial charge in [0.15, 0.2) is 0 Å². The van der Waals surface area contributed by atoms with Crippen LogP contribution in [0.1, 0.15) is 71.9 Å². The Morgan fingerprint density at radius 2 is 1.72 bits per heavy atom. The first kappa shape index (κ1) is 49.2. The van der Waals surface area contributed by atoms with Crippen molar-refractivity contribution in [1.29, 1.82) is 0 Å². The van der Waals surface area contributed by atoms with E-state index >= 15 is 4.79 Å². The molecule has 15 nitrogen and oxygen atoms in total. The number of aromatic nitrogens is 1.